The predicted molar refractivity (Wildman–Crippen MR) is 61.0 cm³/mol. The molecule has 0 aliphatic carbocycles. The van der Waals surface area contributed by atoms with Crippen LogP contribution in [0.15, 0.2) is 42.6 Å². The zero-order valence-electron chi connectivity index (χ0n) is 8.90. The molecule has 1 aromatic heterocycles. The number of nitrogens with zero attached hydrogens (tertiary/aromatic N) is 1. The number of hydrogen-bond acceptors (Lipinski definition) is 2. The van der Waals surface area contributed by atoms with Gasteiger partial charge >= 0.3 is 0 Å². The van der Waals surface area contributed by atoms with Crippen LogP contribution < -0.4 is 4.74 Å². The van der Waals surface area contributed by atoms with E-state index in [1.54, 1.807) is 7.11 Å². The van der Waals surface area contributed by atoms with Gasteiger partial charge in [0.15, 0.2) is 0 Å². The van der Waals surface area contributed by atoms with E-state index in [-0.39, 0.29) is 0 Å². The van der Waals surface area contributed by atoms with Crippen LogP contribution in [0.3, 0.4) is 0 Å². The Labute approximate surface area is 89.6 Å². The molecule has 0 aliphatic rings. The molecule has 2 aromatic rings. The number of benzene rings is 1. The Morgan fingerprint density at radius 2 is 1.80 bits per heavy atom. The van der Waals surface area contributed by atoms with Crippen LogP contribution in [0.2, 0.25) is 0 Å². The maximum Gasteiger partial charge on any atom is 0.215 e. The quantitative estimate of drug-likeness (QED) is 0.741. The van der Waals surface area contributed by atoms with Crippen molar-refractivity contribution in [1.29, 1.82) is 0 Å². The second-order valence-electron chi connectivity index (χ2n) is 3.42. The number of pyridine rings is 1. The van der Waals surface area contributed by atoms with E-state index >= 15 is 0 Å². The Morgan fingerprint density at radius 3 is 2.40 bits per heavy atom. The third-order valence-electron chi connectivity index (χ3n) is 2.33. The van der Waals surface area contributed by atoms with Crippen molar-refractivity contribution >= 4 is 0 Å². The lowest BCUT2D eigenvalue weighted by Gasteiger charge is -2.06. The van der Waals surface area contributed by atoms with Crippen molar-refractivity contribution in [2.45, 2.75) is 6.92 Å². The molecule has 1 heterocycles. The molecule has 0 aliphatic heterocycles. The van der Waals surface area contributed by atoms with Crippen LogP contribution in [0.1, 0.15) is 5.56 Å². The Bertz CT molecular complexity index is 451. The lowest BCUT2D eigenvalue weighted by molar-refractivity contribution is 0.394. The first-order valence-corrected chi connectivity index (χ1v) is 4.87. The summed E-state index contributed by atoms with van der Waals surface area (Å²) in [5.41, 5.74) is 3.35. The maximum atomic E-state index is 5.12. The van der Waals surface area contributed by atoms with Crippen molar-refractivity contribution in [1.82, 2.24) is 4.98 Å². The third-order valence-corrected chi connectivity index (χ3v) is 2.33. The standard InChI is InChI=1S/C13H13NO/c1-10-8-12(9-14-13(10)15-2)11-6-4-3-5-7-11/h3-9H,1-2H3. The Morgan fingerprint density at radius 1 is 1.07 bits per heavy atom. The highest BCUT2D eigenvalue weighted by Crippen LogP contribution is 2.22. The predicted octanol–water partition coefficient (Wildman–Crippen LogP) is 3.07. The van der Waals surface area contributed by atoms with Crippen molar-refractivity contribution in [3.05, 3.63) is 48.2 Å². The molecule has 2 heteroatoms. The molecule has 0 bridgehead atoms. The van der Waals surface area contributed by atoms with Crippen molar-refractivity contribution in [3.63, 3.8) is 0 Å². The van der Waals surface area contributed by atoms with Crippen LogP contribution in [-0.4, -0.2) is 12.1 Å². The van der Waals surface area contributed by atoms with Gasteiger partial charge in [0.25, 0.3) is 0 Å². The minimum absolute atomic E-state index is 0.690. The van der Waals surface area contributed by atoms with E-state index in [1.807, 2.05) is 31.3 Å². The van der Waals surface area contributed by atoms with E-state index in [0.717, 1.165) is 11.1 Å². The van der Waals surface area contributed by atoms with Crippen molar-refractivity contribution in [2.24, 2.45) is 0 Å². The summed E-state index contributed by atoms with van der Waals surface area (Å²) in [6, 6.07) is 12.3. The summed E-state index contributed by atoms with van der Waals surface area (Å²) >= 11 is 0. The van der Waals surface area contributed by atoms with E-state index < -0.39 is 0 Å². The first kappa shape index (κ1) is 9.71. The van der Waals surface area contributed by atoms with E-state index in [9.17, 15) is 0 Å². The third kappa shape index (κ3) is 1.99. The summed E-state index contributed by atoms with van der Waals surface area (Å²) in [6.45, 7) is 2.00. The molecule has 1 aromatic carbocycles. The van der Waals surface area contributed by atoms with Gasteiger partial charge in [-0.25, -0.2) is 4.98 Å². The van der Waals surface area contributed by atoms with Gasteiger partial charge < -0.3 is 4.74 Å². The van der Waals surface area contributed by atoms with Crippen LogP contribution in [0.5, 0.6) is 5.88 Å². The van der Waals surface area contributed by atoms with E-state index in [2.05, 4.69) is 23.2 Å². The van der Waals surface area contributed by atoms with Crippen molar-refractivity contribution in [2.75, 3.05) is 7.11 Å². The highest BCUT2D eigenvalue weighted by Gasteiger charge is 2.02. The molecule has 0 saturated carbocycles. The highest BCUT2D eigenvalue weighted by molar-refractivity contribution is 5.63. The largest absolute Gasteiger partial charge is 0.481 e. The number of aromatic nitrogens is 1. The van der Waals surface area contributed by atoms with Crippen molar-refractivity contribution < 1.29 is 4.74 Å². The monoisotopic (exact) mass is 199 g/mol. The number of aryl methyl sites for hydroxylation is 1. The topological polar surface area (TPSA) is 22.1 Å². The summed E-state index contributed by atoms with van der Waals surface area (Å²) in [5.74, 6) is 0.690. The lowest BCUT2D eigenvalue weighted by Crippen LogP contribution is -1.91. The van der Waals surface area contributed by atoms with E-state index in [1.165, 1.54) is 5.56 Å². The minimum atomic E-state index is 0.690. The molecule has 0 fully saturated rings. The number of methoxy groups -OCH3 is 1. The van der Waals surface area contributed by atoms with Crippen LogP contribution >= 0.6 is 0 Å². The Balaban J connectivity index is 2.43. The average molecular weight is 199 g/mol. The van der Waals surface area contributed by atoms with Gasteiger partial charge in [0.05, 0.1) is 7.11 Å². The second kappa shape index (κ2) is 4.13. The van der Waals surface area contributed by atoms with Crippen LogP contribution in [0.4, 0.5) is 0 Å². The molecule has 0 radical (unpaired) electrons. The summed E-state index contributed by atoms with van der Waals surface area (Å²) in [6.07, 6.45) is 1.83. The van der Waals surface area contributed by atoms with Gasteiger partial charge in [-0.3, -0.25) is 0 Å². The fourth-order valence-corrected chi connectivity index (χ4v) is 1.56. The van der Waals surface area contributed by atoms with Gasteiger partial charge in [-0.05, 0) is 18.6 Å². The minimum Gasteiger partial charge on any atom is -0.481 e. The summed E-state index contributed by atoms with van der Waals surface area (Å²) in [5, 5.41) is 0. The van der Waals surface area contributed by atoms with Crippen molar-refractivity contribution in [3.8, 4) is 17.0 Å². The molecule has 0 unspecified atom stereocenters. The molecule has 0 N–H and O–H groups in total. The fourth-order valence-electron chi connectivity index (χ4n) is 1.56. The molecule has 0 amide bonds. The van der Waals surface area contributed by atoms with E-state index in [4.69, 9.17) is 4.74 Å². The smallest absolute Gasteiger partial charge is 0.215 e. The average Bonchev–Trinajstić information content (AvgIpc) is 2.30. The molecular formula is C13H13NO. The molecule has 2 rings (SSSR count). The normalized spacial score (nSPS) is 10.0. The molecule has 0 saturated heterocycles. The number of hydrogen-bond donors (Lipinski definition) is 0. The van der Waals surface area contributed by atoms with Gasteiger partial charge in [0.1, 0.15) is 0 Å². The molecule has 15 heavy (non-hydrogen) atoms. The lowest BCUT2D eigenvalue weighted by atomic mass is 10.1. The molecule has 0 spiro atoms. The van der Waals surface area contributed by atoms with Gasteiger partial charge in [0, 0.05) is 17.3 Å². The first-order valence-electron chi connectivity index (χ1n) is 4.87. The molecule has 76 valence electrons. The molecular weight excluding hydrogens is 186 g/mol. The zero-order chi connectivity index (χ0) is 10.7. The number of rotatable bonds is 2. The first-order chi connectivity index (χ1) is 7.31. The molecule has 0 atom stereocenters. The number of ether oxygens (including phenoxy) is 1. The zero-order valence-corrected chi connectivity index (χ0v) is 8.90. The van der Waals surface area contributed by atoms with Crippen LogP contribution in [0.25, 0.3) is 11.1 Å². The Kier molecular flexibility index (Phi) is 2.68. The Hall–Kier alpha value is -1.83. The SMILES string of the molecule is COc1ncc(-c2ccccc2)cc1C. The van der Waals surface area contributed by atoms with Gasteiger partial charge in [-0.1, -0.05) is 30.3 Å². The van der Waals surface area contributed by atoms with Crippen LogP contribution in [0, 0.1) is 6.92 Å². The maximum absolute atomic E-state index is 5.12. The summed E-state index contributed by atoms with van der Waals surface area (Å²) in [4.78, 5) is 4.25. The highest BCUT2D eigenvalue weighted by atomic mass is 16.5. The van der Waals surface area contributed by atoms with E-state index in [0.29, 0.717) is 5.88 Å². The van der Waals surface area contributed by atoms with Gasteiger partial charge in [-0.2, -0.15) is 0 Å². The summed E-state index contributed by atoms with van der Waals surface area (Å²) in [7, 11) is 1.64. The second-order valence-corrected chi connectivity index (χ2v) is 3.42. The summed E-state index contributed by atoms with van der Waals surface area (Å²) < 4.78 is 5.12. The molecule has 2 nitrogen and oxygen atoms in total. The van der Waals surface area contributed by atoms with Gasteiger partial charge in [-0.15, -0.1) is 0 Å². The fraction of sp³-hybridized carbons (Fsp3) is 0.154. The van der Waals surface area contributed by atoms with Gasteiger partial charge in [0.2, 0.25) is 5.88 Å². The van der Waals surface area contributed by atoms with Crippen LogP contribution in [-0.2, 0) is 0 Å².